The number of hydrogen-bond acceptors (Lipinski definition) is 7. The van der Waals surface area contributed by atoms with Gasteiger partial charge >= 0.3 is 0 Å². The molecule has 0 aliphatic carbocycles. The highest BCUT2D eigenvalue weighted by atomic mass is 16.5. The molecule has 0 saturated carbocycles. The van der Waals surface area contributed by atoms with Crippen LogP contribution in [0.15, 0.2) is 29.5 Å². The normalized spacial score (nSPS) is 20.9. The van der Waals surface area contributed by atoms with Crippen LogP contribution in [-0.4, -0.2) is 55.5 Å². The van der Waals surface area contributed by atoms with Crippen LogP contribution in [0.25, 0.3) is 0 Å². The van der Waals surface area contributed by atoms with E-state index in [9.17, 15) is 19.5 Å². The number of pyridine rings is 1. The summed E-state index contributed by atoms with van der Waals surface area (Å²) in [4.78, 5) is 39.1. The number of amides is 2. The monoisotopic (exact) mass is 371 g/mol. The third-order valence-electron chi connectivity index (χ3n) is 4.70. The van der Waals surface area contributed by atoms with Crippen molar-refractivity contribution in [2.24, 2.45) is 0 Å². The zero-order valence-electron chi connectivity index (χ0n) is 14.5. The molecule has 10 heteroatoms. The van der Waals surface area contributed by atoms with E-state index in [4.69, 9.17) is 4.74 Å². The van der Waals surface area contributed by atoms with Gasteiger partial charge in [0.25, 0.3) is 11.8 Å². The van der Waals surface area contributed by atoms with Gasteiger partial charge in [-0.05, 0) is 18.6 Å². The van der Waals surface area contributed by atoms with Crippen molar-refractivity contribution >= 4 is 11.8 Å². The number of rotatable bonds is 3. The number of fused-ring (bicyclic) bond motifs is 2. The predicted octanol–water partition coefficient (Wildman–Crippen LogP) is -0.526. The van der Waals surface area contributed by atoms with Gasteiger partial charge in [0.1, 0.15) is 5.56 Å². The lowest BCUT2D eigenvalue weighted by Gasteiger charge is -2.33. The van der Waals surface area contributed by atoms with Gasteiger partial charge in [-0.15, -0.1) is 0 Å². The summed E-state index contributed by atoms with van der Waals surface area (Å²) in [7, 11) is 0. The van der Waals surface area contributed by atoms with Crippen molar-refractivity contribution in [2.45, 2.75) is 32.3 Å². The number of carbonyl (C=O) groups is 2. The molecule has 0 unspecified atom stereocenters. The summed E-state index contributed by atoms with van der Waals surface area (Å²) in [6.07, 6.45) is 3.78. The second-order valence-electron chi connectivity index (χ2n) is 6.50. The van der Waals surface area contributed by atoms with E-state index >= 15 is 0 Å². The second-order valence-corrected chi connectivity index (χ2v) is 6.50. The molecule has 0 bridgehead atoms. The molecule has 10 nitrogen and oxygen atoms in total. The topological polar surface area (TPSA) is 127 Å². The first-order valence-electron chi connectivity index (χ1n) is 8.42. The number of nitrogens with zero attached hydrogens (tertiary/aromatic N) is 4. The summed E-state index contributed by atoms with van der Waals surface area (Å²) in [6, 6.07) is 1.53. The molecule has 0 spiro atoms. The Hall–Kier alpha value is -3.27. The van der Waals surface area contributed by atoms with Crippen LogP contribution in [0, 0.1) is 0 Å². The van der Waals surface area contributed by atoms with Crippen molar-refractivity contribution < 1.29 is 19.4 Å². The number of carbonyl (C=O) groups excluding carboxylic acids is 2. The molecule has 2 aliphatic heterocycles. The molecular formula is C17H17N5O5. The minimum atomic E-state index is -0.883. The van der Waals surface area contributed by atoms with Crippen LogP contribution >= 0.6 is 0 Å². The van der Waals surface area contributed by atoms with E-state index in [1.54, 1.807) is 6.07 Å². The van der Waals surface area contributed by atoms with E-state index in [1.165, 1.54) is 28.1 Å². The lowest BCUT2D eigenvalue weighted by molar-refractivity contribution is 0.00624. The summed E-state index contributed by atoms with van der Waals surface area (Å²) in [5.41, 5.74) is -0.542. The van der Waals surface area contributed by atoms with Crippen LogP contribution in [0.2, 0.25) is 0 Å². The van der Waals surface area contributed by atoms with Crippen molar-refractivity contribution in [3.8, 4) is 5.75 Å². The maximum Gasteiger partial charge on any atom is 0.276 e. The van der Waals surface area contributed by atoms with Gasteiger partial charge in [-0.3, -0.25) is 14.4 Å². The fourth-order valence-electron chi connectivity index (χ4n) is 3.34. The SMILES string of the molecule is C[C@H]1CO[C@@H]2Cn3cc(C(=O)NCc4ccnnc4)c(=O)c(O)c3C(=O)N12. The molecule has 2 atom stereocenters. The van der Waals surface area contributed by atoms with E-state index in [0.29, 0.717) is 12.2 Å². The molecule has 1 fully saturated rings. The lowest BCUT2D eigenvalue weighted by Crippen LogP contribution is -2.49. The molecule has 2 aliphatic rings. The largest absolute Gasteiger partial charge is 0.503 e. The summed E-state index contributed by atoms with van der Waals surface area (Å²) < 4.78 is 6.99. The lowest BCUT2D eigenvalue weighted by atomic mass is 10.1. The molecule has 2 N–H and O–H groups in total. The molecule has 4 heterocycles. The Balaban J connectivity index is 1.64. The van der Waals surface area contributed by atoms with Crippen molar-refractivity contribution in [3.05, 3.63) is 51.7 Å². The Morgan fingerprint density at radius 1 is 1.41 bits per heavy atom. The quantitative estimate of drug-likeness (QED) is 0.743. The molecule has 4 rings (SSSR count). The highest BCUT2D eigenvalue weighted by molar-refractivity contribution is 5.99. The minimum absolute atomic E-state index is 0.122. The third-order valence-corrected chi connectivity index (χ3v) is 4.70. The standard InChI is InChI=1S/C17H17N5O5/c1-9-8-27-12-7-21-6-11(14(23)15(24)13(21)17(26)22(9)12)16(25)18-4-10-2-3-19-20-5-10/h2-3,5-6,9,12,24H,4,7-8H2,1H3,(H,18,25)/t9-,12+/m0/s1. The molecule has 140 valence electrons. The Bertz CT molecular complexity index is 974. The van der Waals surface area contributed by atoms with Gasteiger partial charge in [-0.25, -0.2) is 0 Å². The van der Waals surface area contributed by atoms with Crippen LogP contribution in [-0.2, 0) is 17.8 Å². The van der Waals surface area contributed by atoms with Gasteiger partial charge in [0.05, 0.1) is 25.4 Å². The summed E-state index contributed by atoms with van der Waals surface area (Å²) in [6.45, 7) is 2.59. The van der Waals surface area contributed by atoms with Crippen molar-refractivity contribution in [3.63, 3.8) is 0 Å². The van der Waals surface area contributed by atoms with Crippen molar-refractivity contribution in [1.29, 1.82) is 0 Å². The average molecular weight is 371 g/mol. The molecule has 2 aromatic heterocycles. The van der Waals surface area contributed by atoms with Crippen LogP contribution in [0.3, 0.4) is 0 Å². The molecular weight excluding hydrogens is 354 g/mol. The maximum absolute atomic E-state index is 12.7. The van der Waals surface area contributed by atoms with Crippen LogP contribution in [0.5, 0.6) is 5.75 Å². The molecule has 0 radical (unpaired) electrons. The molecule has 0 aromatic carbocycles. The summed E-state index contributed by atoms with van der Waals surface area (Å²) >= 11 is 0. The fourth-order valence-corrected chi connectivity index (χ4v) is 3.34. The average Bonchev–Trinajstić information content (AvgIpc) is 3.04. The Morgan fingerprint density at radius 3 is 2.96 bits per heavy atom. The first kappa shape index (κ1) is 17.2. The van der Waals surface area contributed by atoms with E-state index in [2.05, 4.69) is 15.5 Å². The number of ether oxygens (including phenoxy) is 1. The number of aromatic hydroxyl groups is 1. The molecule has 2 amide bonds. The predicted molar refractivity (Wildman–Crippen MR) is 90.9 cm³/mol. The highest BCUT2D eigenvalue weighted by Crippen LogP contribution is 2.29. The molecule has 2 aromatic rings. The third kappa shape index (κ3) is 2.83. The van der Waals surface area contributed by atoms with E-state index in [-0.39, 0.29) is 30.4 Å². The van der Waals surface area contributed by atoms with Gasteiger partial charge in [-0.2, -0.15) is 10.2 Å². The minimum Gasteiger partial charge on any atom is -0.503 e. The number of aromatic nitrogens is 3. The van der Waals surface area contributed by atoms with Crippen molar-refractivity contribution in [2.75, 3.05) is 6.61 Å². The zero-order chi connectivity index (χ0) is 19.1. The van der Waals surface area contributed by atoms with Crippen LogP contribution in [0.1, 0.15) is 33.3 Å². The smallest absolute Gasteiger partial charge is 0.276 e. The van der Waals surface area contributed by atoms with Crippen molar-refractivity contribution in [1.82, 2.24) is 25.0 Å². The Morgan fingerprint density at radius 2 is 2.22 bits per heavy atom. The Labute approximate surface area is 153 Å². The van der Waals surface area contributed by atoms with Crippen LogP contribution < -0.4 is 10.7 Å². The highest BCUT2D eigenvalue weighted by Gasteiger charge is 2.42. The van der Waals surface area contributed by atoms with E-state index in [1.807, 2.05) is 6.92 Å². The first-order valence-corrected chi connectivity index (χ1v) is 8.42. The second kappa shape index (κ2) is 6.47. The maximum atomic E-state index is 12.7. The van der Waals surface area contributed by atoms with E-state index in [0.717, 1.165) is 0 Å². The van der Waals surface area contributed by atoms with E-state index < -0.39 is 29.2 Å². The van der Waals surface area contributed by atoms with Gasteiger partial charge in [0.2, 0.25) is 5.43 Å². The summed E-state index contributed by atoms with van der Waals surface area (Å²) in [5, 5.41) is 20.3. The number of hydrogen-bond donors (Lipinski definition) is 2. The zero-order valence-corrected chi connectivity index (χ0v) is 14.5. The molecule has 1 saturated heterocycles. The molecule has 27 heavy (non-hydrogen) atoms. The van der Waals surface area contributed by atoms with Gasteiger partial charge in [0, 0.05) is 18.9 Å². The number of nitrogens with one attached hydrogen (secondary N) is 1. The Kier molecular flexibility index (Phi) is 4.11. The first-order chi connectivity index (χ1) is 13.0. The van der Waals surface area contributed by atoms with Gasteiger partial charge in [0.15, 0.2) is 17.7 Å². The van der Waals surface area contributed by atoms with Gasteiger partial charge in [-0.1, -0.05) is 0 Å². The van der Waals surface area contributed by atoms with Gasteiger partial charge < -0.3 is 24.6 Å². The summed E-state index contributed by atoms with van der Waals surface area (Å²) in [5.74, 6) is -1.87. The van der Waals surface area contributed by atoms with Crippen LogP contribution in [0.4, 0.5) is 0 Å². The fraction of sp³-hybridized carbons (Fsp3) is 0.353.